The summed E-state index contributed by atoms with van der Waals surface area (Å²) in [5.74, 6) is -0.0531. The van der Waals surface area contributed by atoms with Crippen LogP contribution in [0.1, 0.15) is 208 Å². The molecule has 0 fully saturated rings. The highest BCUT2D eigenvalue weighted by Gasteiger charge is 2.07. The van der Waals surface area contributed by atoms with E-state index in [1.807, 2.05) is 0 Å². The van der Waals surface area contributed by atoms with Crippen LogP contribution in [0.3, 0.4) is 0 Å². The van der Waals surface area contributed by atoms with E-state index in [0.29, 0.717) is 30.3 Å². The average Bonchev–Trinajstić information content (AvgIpc) is 3.02. The Morgan fingerprint density at radius 2 is 0.756 bits per heavy atom. The van der Waals surface area contributed by atoms with Crippen LogP contribution in [0.15, 0.2) is 24.3 Å². The molecule has 0 aromatic carbocycles. The average molecular weight is 635 g/mol. The van der Waals surface area contributed by atoms with Gasteiger partial charge in [-0.15, -0.1) is 0 Å². The standard InChI is InChI=1S/C21H40O2.C20H38O2/c1-5-6-7-8-9-10-11-12-13-14-15-16-17-20(4)18-23-21(22)19(2)3;1-4-5-6-7-8-9-10-11-12-13-14-15-16-17-18-22-20(21)19(2)3/h20H,2,5-18H2,1,3-4H3;2,4-18H2,1,3H3. The van der Waals surface area contributed by atoms with Gasteiger partial charge in [0.2, 0.25) is 0 Å². The molecule has 0 rings (SSSR count). The molecule has 0 aromatic heterocycles. The van der Waals surface area contributed by atoms with E-state index in [9.17, 15) is 9.59 Å². The number of carbonyl (C=O) groups excluding carboxylic acids is 2. The molecule has 0 N–H and O–H groups in total. The molecule has 0 aliphatic rings. The predicted octanol–water partition coefficient (Wildman–Crippen LogP) is 13.4. The third kappa shape index (κ3) is 38.5. The quantitative estimate of drug-likeness (QED) is 0.0420. The number of esters is 2. The maximum Gasteiger partial charge on any atom is 0.333 e. The lowest BCUT2D eigenvalue weighted by atomic mass is 10.0. The first-order valence-corrected chi connectivity index (χ1v) is 19.4. The SMILES string of the molecule is C=C(C)C(=O)OCC(C)CCCCCCCCCCCCCC.C=C(C)C(=O)OCCCCCCCCCCCCCCCC. The largest absolute Gasteiger partial charge is 0.462 e. The number of carbonyl (C=O) groups is 2. The highest BCUT2D eigenvalue weighted by molar-refractivity contribution is 5.87. The van der Waals surface area contributed by atoms with Gasteiger partial charge in [-0.05, 0) is 32.6 Å². The van der Waals surface area contributed by atoms with Crippen molar-refractivity contribution in [3.05, 3.63) is 24.3 Å². The molecule has 0 spiro atoms. The van der Waals surface area contributed by atoms with Crippen LogP contribution in [-0.2, 0) is 19.1 Å². The molecular formula is C41H78O4. The third-order valence-electron chi connectivity index (χ3n) is 8.48. The van der Waals surface area contributed by atoms with Gasteiger partial charge in [0.25, 0.3) is 0 Å². The summed E-state index contributed by atoms with van der Waals surface area (Å²) >= 11 is 0. The minimum Gasteiger partial charge on any atom is -0.462 e. The Balaban J connectivity index is 0. The van der Waals surface area contributed by atoms with E-state index in [1.54, 1.807) is 13.8 Å². The first-order chi connectivity index (χ1) is 21.8. The molecule has 0 aliphatic carbocycles. The lowest BCUT2D eigenvalue weighted by Gasteiger charge is -2.11. The van der Waals surface area contributed by atoms with Gasteiger partial charge in [-0.25, -0.2) is 9.59 Å². The fraction of sp³-hybridized carbons (Fsp3) is 0.854. The summed E-state index contributed by atoms with van der Waals surface area (Å²) in [7, 11) is 0. The van der Waals surface area contributed by atoms with Crippen molar-refractivity contribution in [2.75, 3.05) is 13.2 Å². The molecule has 0 saturated carbocycles. The normalized spacial score (nSPS) is 11.4. The zero-order valence-corrected chi connectivity index (χ0v) is 31.1. The first-order valence-electron chi connectivity index (χ1n) is 19.4. The van der Waals surface area contributed by atoms with Crippen LogP contribution in [-0.4, -0.2) is 25.2 Å². The van der Waals surface area contributed by atoms with Crippen molar-refractivity contribution >= 4 is 11.9 Å². The first kappa shape index (κ1) is 45.5. The van der Waals surface area contributed by atoms with Crippen molar-refractivity contribution in [1.82, 2.24) is 0 Å². The predicted molar refractivity (Wildman–Crippen MR) is 197 cm³/mol. The fourth-order valence-corrected chi connectivity index (χ4v) is 5.34. The van der Waals surface area contributed by atoms with Gasteiger partial charge in [0.05, 0.1) is 13.2 Å². The summed E-state index contributed by atoms with van der Waals surface area (Å²) in [5.41, 5.74) is 0.980. The van der Waals surface area contributed by atoms with Crippen molar-refractivity contribution in [3.63, 3.8) is 0 Å². The Morgan fingerprint density at radius 3 is 1.09 bits per heavy atom. The zero-order chi connectivity index (χ0) is 33.8. The van der Waals surface area contributed by atoms with E-state index in [4.69, 9.17) is 9.47 Å². The lowest BCUT2D eigenvalue weighted by molar-refractivity contribution is -0.140. The summed E-state index contributed by atoms with van der Waals surface area (Å²) in [5, 5.41) is 0. The maximum atomic E-state index is 11.3. The van der Waals surface area contributed by atoms with Crippen molar-refractivity contribution in [1.29, 1.82) is 0 Å². The molecule has 266 valence electrons. The zero-order valence-electron chi connectivity index (χ0n) is 31.1. The van der Waals surface area contributed by atoms with E-state index >= 15 is 0 Å². The lowest BCUT2D eigenvalue weighted by Crippen LogP contribution is -2.12. The van der Waals surface area contributed by atoms with Crippen LogP contribution >= 0.6 is 0 Å². The van der Waals surface area contributed by atoms with Gasteiger partial charge in [0.15, 0.2) is 0 Å². The number of ether oxygens (including phenoxy) is 2. The van der Waals surface area contributed by atoms with E-state index in [0.717, 1.165) is 12.8 Å². The van der Waals surface area contributed by atoms with Gasteiger partial charge in [-0.3, -0.25) is 0 Å². The molecule has 0 saturated heterocycles. The molecule has 0 aromatic rings. The second-order valence-corrected chi connectivity index (χ2v) is 13.7. The molecule has 0 radical (unpaired) electrons. The van der Waals surface area contributed by atoms with Crippen LogP contribution in [0.25, 0.3) is 0 Å². The molecule has 45 heavy (non-hydrogen) atoms. The van der Waals surface area contributed by atoms with Gasteiger partial charge in [-0.1, -0.05) is 194 Å². The highest BCUT2D eigenvalue weighted by Crippen LogP contribution is 2.15. The minimum absolute atomic E-state index is 0.255. The van der Waals surface area contributed by atoms with Gasteiger partial charge in [-0.2, -0.15) is 0 Å². The molecule has 4 nitrogen and oxygen atoms in total. The molecule has 1 atom stereocenters. The van der Waals surface area contributed by atoms with Crippen LogP contribution in [0.4, 0.5) is 0 Å². The Kier molecular flexibility index (Phi) is 37.3. The Morgan fingerprint density at radius 1 is 0.467 bits per heavy atom. The van der Waals surface area contributed by atoms with Crippen molar-refractivity contribution in [2.45, 2.75) is 208 Å². The molecule has 1 unspecified atom stereocenters. The summed E-state index contributed by atoms with van der Waals surface area (Å²) < 4.78 is 10.3. The van der Waals surface area contributed by atoms with Crippen LogP contribution < -0.4 is 0 Å². The van der Waals surface area contributed by atoms with E-state index in [1.165, 1.54) is 161 Å². The van der Waals surface area contributed by atoms with Crippen LogP contribution in [0.2, 0.25) is 0 Å². The van der Waals surface area contributed by atoms with Gasteiger partial charge in [0, 0.05) is 11.1 Å². The Hall–Kier alpha value is -1.58. The summed E-state index contributed by atoms with van der Waals surface area (Å²) in [6, 6.07) is 0. The number of hydrogen-bond acceptors (Lipinski definition) is 4. The molecule has 0 heterocycles. The maximum absolute atomic E-state index is 11.3. The molecule has 0 aliphatic heterocycles. The number of hydrogen-bond donors (Lipinski definition) is 0. The summed E-state index contributed by atoms with van der Waals surface area (Å²) in [6.45, 7) is 18.3. The number of rotatable bonds is 32. The Labute approximate surface area is 282 Å². The third-order valence-corrected chi connectivity index (χ3v) is 8.48. The van der Waals surface area contributed by atoms with Crippen molar-refractivity contribution < 1.29 is 19.1 Å². The van der Waals surface area contributed by atoms with Crippen LogP contribution in [0, 0.1) is 5.92 Å². The molecule has 4 heteroatoms. The second kappa shape index (κ2) is 36.9. The number of unbranched alkanes of at least 4 members (excludes halogenated alkanes) is 24. The van der Waals surface area contributed by atoms with E-state index in [-0.39, 0.29) is 11.9 Å². The van der Waals surface area contributed by atoms with E-state index < -0.39 is 0 Å². The van der Waals surface area contributed by atoms with Crippen molar-refractivity contribution in [3.8, 4) is 0 Å². The topological polar surface area (TPSA) is 52.6 Å². The molecular weight excluding hydrogens is 556 g/mol. The Bertz CT molecular complexity index is 683. The fourth-order valence-electron chi connectivity index (χ4n) is 5.34. The minimum atomic E-state index is -0.258. The van der Waals surface area contributed by atoms with E-state index in [2.05, 4.69) is 33.9 Å². The summed E-state index contributed by atoms with van der Waals surface area (Å²) in [6.07, 6.45) is 36.5. The molecule has 0 bridgehead atoms. The van der Waals surface area contributed by atoms with Crippen molar-refractivity contribution in [2.24, 2.45) is 5.92 Å². The smallest absolute Gasteiger partial charge is 0.333 e. The monoisotopic (exact) mass is 635 g/mol. The van der Waals surface area contributed by atoms with Gasteiger partial charge >= 0.3 is 11.9 Å². The summed E-state index contributed by atoms with van der Waals surface area (Å²) in [4.78, 5) is 22.5. The van der Waals surface area contributed by atoms with Gasteiger partial charge in [0.1, 0.15) is 0 Å². The molecule has 0 amide bonds. The second-order valence-electron chi connectivity index (χ2n) is 13.7. The highest BCUT2D eigenvalue weighted by atomic mass is 16.5. The van der Waals surface area contributed by atoms with Crippen LogP contribution in [0.5, 0.6) is 0 Å². The van der Waals surface area contributed by atoms with Gasteiger partial charge < -0.3 is 9.47 Å².